The topological polar surface area (TPSA) is 6.48 Å². The quantitative estimate of drug-likeness (QED) is 0.307. The van der Waals surface area contributed by atoms with E-state index >= 15 is 0 Å². The number of hydrogen-bond acceptors (Lipinski definition) is 2. The Balaban J connectivity index is 4.26. The monoisotopic (exact) mass is 286 g/mol. The summed E-state index contributed by atoms with van der Waals surface area (Å²) in [6.07, 6.45) is 4.87. The predicted octanol–water partition coefficient (Wildman–Crippen LogP) is 3.58. The maximum Gasteiger partial charge on any atom is 0.0621 e. The van der Waals surface area contributed by atoms with Crippen LogP contribution in [0.2, 0.25) is 11.6 Å². The summed E-state index contributed by atoms with van der Waals surface area (Å²) in [6.45, 7) is 18.7. The van der Waals surface area contributed by atoms with Gasteiger partial charge in [0, 0.05) is 9.52 Å². The summed E-state index contributed by atoms with van der Waals surface area (Å²) in [5.41, 5.74) is 1.04. The van der Waals surface area contributed by atoms with Gasteiger partial charge in [-0.15, -0.1) is 0 Å². The fraction of sp³-hybridized carbons (Fsp3) is 1.00. The Labute approximate surface area is 124 Å². The maximum atomic E-state index is 2.64. The maximum absolute atomic E-state index is 2.64. The van der Waals surface area contributed by atoms with Crippen LogP contribution in [0.3, 0.4) is 0 Å². The fourth-order valence-corrected chi connectivity index (χ4v) is 4.59. The standard InChI is InChI=1S/C16H38N2Si/c1-7-15(6)19-14-12-13-16(17(8-2)9-3)18(10-4)11-5/h15-16H,7-14,19H2,1-6H3. The second kappa shape index (κ2) is 11.9. The van der Waals surface area contributed by atoms with E-state index in [-0.39, 0.29) is 9.52 Å². The molecule has 1 unspecified atom stereocenters. The van der Waals surface area contributed by atoms with Crippen LogP contribution >= 0.6 is 0 Å². The summed E-state index contributed by atoms with van der Waals surface area (Å²) in [7, 11) is 0.181. The van der Waals surface area contributed by atoms with Crippen molar-refractivity contribution in [3.05, 3.63) is 0 Å². The Morgan fingerprint density at radius 1 is 0.842 bits per heavy atom. The highest BCUT2D eigenvalue weighted by molar-refractivity contribution is 6.37. The molecule has 0 aliphatic heterocycles. The molecule has 0 fully saturated rings. The minimum Gasteiger partial charge on any atom is -0.288 e. The second-order valence-corrected chi connectivity index (χ2v) is 8.40. The third kappa shape index (κ3) is 7.47. The molecule has 0 radical (unpaired) electrons. The Morgan fingerprint density at radius 3 is 1.68 bits per heavy atom. The van der Waals surface area contributed by atoms with E-state index in [1.807, 2.05) is 0 Å². The van der Waals surface area contributed by atoms with Crippen molar-refractivity contribution < 1.29 is 0 Å². The summed E-state index contributed by atoms with van der Waals surface area (Å²) in [5.74, 6) is 0. The van der Waals surface area contributed by atoms with Crippen molar-refractivity contribution in [1.82, 2.24) is 9.80 Å². The van der Waals surface area contributed by atoms with Gasteiger partial charge in [-0.2, -0.15) is 0 Å². The summed E-state index contributed by atoms with van der Waals surface area (Å²) in [6, 6.07) is 1.54. The van der Waals surface area contributed by atoms with E-state index in [1.54, 1.807) is 0 Å². The van der Waals surface area contributed by atoms with E-state index in [1.165, 1.54) is 51.5 Å². The zero-order valence-electron chi connectivity index (χ0n) is 14.4. The molecule has 0 heterocycles. The van der Waals surface area contributed by atoms with Crippen molar-refractivity contribution in [2.24, 2.45) is 0 Å². The lowest BCUT2D eigenvalue weighted by atomic mass is 10.2. The first-order valence-corrected chi connectivity index (χ1v) is 10.4. The molecule has 1 atom stereocenters. The van der Waals surface area contributed by atoms with Gasteiger partial charge in [-0.1, -0.05) is 66.0 Å². The molecule has 0 saturated carbocycles. The lowest BCUT2D eigenvalue weighted by Gasteiger charge is -2.38. The molecule has 0 amide bonds. The highest BCUT2D eigenvalue weighted by Crippen LogP contribution is 2.16. The van der Waals surface area contributed by atoms with E-state index in [0.29, 0.717) is 6.17 Å². The van der Waals surface area contributed by atoms with Crippen molar-refractivity contribution in [2.75, 3.05) is 26.2 Å². The van der Waals surface area contributed by atoms with Gasteiger partial charge >= 0.3 is 0 Å². The third-order valence-electron chi connectivity index (χ3n) is 4.57. The minimum absolute atomic E-state index is 0.181. The van der Waals surface area contributed by atoms with E-state index in [2.05, 4.69) is 51.3 Å². The van der Waals surface area contributed by atoms with Gasteiger partial charge in [-0.3, -0.25) is 9.80 Å². The summed E-state index contributed by atoms with van der Waals surface area (Å²) in [4.78, 5) is 5.27. The van der Waals surface area contributed by atoms with E-state index < -0.39 is 0 Å². The molecule has 3 heteroatoms. The van der Waals surface area contributed by atoms with Gasteiger partial charge in [-0.05, 0) is 32.6 Å². The van der Waals surface area contributed by atoms with Crippen LogP contribution in [0, 0.1) is 0 Å². The van der Waals surface area contributed by atoms with Crippen molar-refractivity contribution in [3.63, 3.8) is 0 Å². The zero-order valence-corrected chi connectivity index (χ0v) is 15.8. The van der Waals surface area contributed by atoms with Crippen LogP contribution in [0.4, 0.5) is 0 Å². The average molecular weight is 287 g/mol. The first kappa shape index (κ1) is 19.1. The Kier molecular flexibility index (Phi) is 12.0. The Bertz CT molecular complexity index is 179. The first-order valence-electron chi connectivity index (χ1n) is 8.62. The van der Waals surface area contributed by atoms with E-state index in [0.717, 1.165) is 5.54 Å². The molecule has 0 aliphatic rings. The summed E-state index contributed by atoms with van der Waals surface area (Å²) < 4.78 is 0. The average Bonchev–Trinajstić information content (AvgIpc) is 2.44. The minimum atomic E-state index is 0.181. The molecule has 116 valence electrons. The smallest absolute Gasteiger partial charge is 0.0621 e. The molecule has 0 aromatic carbocycles. The normalized spacial score (nSPS) is 14.4. The van der Waals surface area contributed by atoms with Crippen LogP contribution in [0.1, 0.15) is 60.8 Å². The van der Waals surface area contributed by atoms with E-state index in [4.69, 9.17) is 0 Å². The second-order valence-electron chi connectivity index (χ2n) is 5.72. The predicted molar refractivity (Wildman–Crippen MR) is 91.9 cm³/mol. The van der Waals surface area contributed by atoms with Crippen LogP contribution in [0.25, 0.3) is 0 Å². The molecule has 0 spiro atoms. The molecule has 0 N–H and O–H groups in total. The van der Waals surface area contributed by atoms with Crippen LogP contribution < -0.4 is 0 Å². The van der Waals surface area contributed by atoms with Gasteiger partial charge in [0.15, 0.2) is 0 Å². The molecule has 0 aromatic rings. The Hall–Kier alpha value is 0.137. The fourth-order valence-electron chi connectivity index (χ4n) is 2.91. The van der Waals surface area contributed by atoms with Crippen molar-refractivity contribution in [1.29, 1.82) is 0 Å². The number of hydrogen-bond donors (Lipinski definition) is 0. The molecule has 0 aliphatic carbocycles. The van der Waals surface area contributed by atoms with Crippen molar-refractivity contribution in [3.8, 4) is 0 Å². The van der Waals surface area contributed by atoms with Crippen molar-refractivity contribution >= 4 is 9.52 Å². The van der Waals surface area contributed by atoms with Gasteiger partial charge in [-0.25, -0.2) is 0 Å². The molecular formula is C16H38N2Si. The molecule has 0 bridgehead atoms. The SMILES string of the molecule is CCC(C)[SiH2]CCCC(N(CC)CC)N(CC)CC. The number of nitrogens with zero attached hydrogens (tertiary/aromatic N) is 2. The van der Waals surface area contributed by atoms with Gasteiger partial charge < -0.3 is 0 Å². The largest absolute Gasteiger partial charge is 0.288 e. The molecule has 0 aromatic heterocycles. The van der Waals surface area contributed by atoms with Crippen LogP contribution in [0.5, 0.6) is 0 Å². The molecule has 0 rings (SSSR count). The van der Waals surface area contributed by atoms with Gasteiger partial charge in [0.1, 0.15) is 0 Å². The summed E-state index contributed by atoms with van der Waals surface area (Å²) in [5, 5.41) is 0. The van der Waals surface area contributed by atoms with Gasteiger partial charge in [0.05, 0.1) is 6.17 Å². The van der Waals surface area contributed by atoms with Gasteiger partial charge in [0.25, 0.3) is 0 Å². The highest BCUT2D eigenvalue weighted by Gasteiger charge is 2.20. The lowest BCUT2D eigenvalue weighted by molar-refractivity contribution is 0.0496. The van der Waals surface area contributed by atoms with Crippen molar-refractivity contribution in [2.45, 2.75) is 78.6 Å². The lowest BCUT2D eigenvalue weighted by Crippen LogP contribution is -2.48. The number of rotatable bonds is 12. The van der Waals surface area contributed by atoms with Crippen LogP contribution in [-0.2, 0) is 0 Å². The Morgan fingerprint density at radius 2 is 1.32 bits per heavy atom. The highest BCUT2D eigenvalue weighted by atomic mass is 28.2. The summed E-state index contributed by atoms with van der Waals surface area (Å²) >= 11 is 0. The molecular weight excluding hydrogens is 248 g/mol. The molecule has 19 heavy (non-hydrogen) atoms. The van der Waals surface area contributed by atoms with Crippen LogP contribution in [-0.4, -0.2) is 51.7 Å². The molecule has 0 saturated heterocycles. The van der Waals surface area contributed by atoms with E-state index in [9.17, 15) is 0 Å². The molecule has 2 nitrogen and oxygen atoms in total. The third-order valence-corrected chi connectivity index (χ3v) is 7.05. The first-order chi connectivity index (χ1) is 9.14. The van der Waals surface area contributed by atoms with Gasteiger partial charge in [0.2, 0.25) is 0 Å². The zero-order chi connectivity index (χ0) is 14.7. The van der Waals surface area contributed by atoms with Crippen LogP contribution in [0.15, 0.2) is 0 Å².